The fourth-order valence-corrected chi connectivity index (χ4v) is 2.16. The lowest BCUT2D eigenvalue weighted by molar-refractivity contribution is 0.0696. The van der Waals surface area contributed by atoms with Gasteiger partial charge in [0.15, 0.2) is 0 Å². The Labute approximate surface area is 108 Å². The molecule has 1 heterocycles. The summed E-state index contributed by atoms with van der Waals surface area (Å²) < 4.78 is 10.3. The van der Waals surface area contributed by atoms with Crippen LogP contribution in [0, 0.1) is 0 Å². The van der Waals surface area contributed by atoms with Gasteiger partial charge in [-0.3, -0.25) is 0 Å². The zero-order valence-electron chi connectivity index (χ0n) is 9.84. The van der Waals surface area contributed by atoms with Crippen LogP contribution in [0.4, 0.5) is 0 Å². The molecule has 94 valence electrons. The topological polar surface area (TPSA) is 68.7 Å². The van der Waals surface area contributed by atoms with Crippen LogP contribution in [-0.2, 0) is 0 Å². The first kappa shape index (κ1) is 12.4. The van der Waals surface area contributed by atoms with Crippen molar-refractivity contribution >= 4 is 17.3 Å². The van der Waals surface area contributed by atoms with Gasteiger partial charge in [-0.2, -0.15) is 0 Å². The number of nitrogens with zero attached hydrogens (tertiary/aromatic N) is 1. The summed E-state index contributed by atoms with van der Waals surface area (Å²) >= 11 is 1.08. The zero-order valence-corrected chi connectivity index (χ0v) is 10.7. The molecule has 0 aliphatic heterocycles. The van der Waals surface area contributed by atoms with Crippen molar-refractivity contribution in [3.8, 4) is 22.8 Å². The van der Waals surface area contributed by atoms with E-state index < -0.39 is 5.97 Å². The second-order valence-corrected chi connectivity index (χ2v) is 4.27. The third kappa shape index (κ3) is 2.28. The van der Waals surface area contributed by atoms with Crippen molar-refractivity contribution in [3.63, 3.8) is 0 Å². The van der Waals surface area contributed by atoms with E-state index in [1.807, 2.05) is 0 Å². The molecular weight excluding hydrogens is 254 g/mol. The summed E-state index contributed by atoms with van der Waals surface area (Å²) in [6, 6.07) is 5.30. The van der Waals surface area contributed by atoms with Crippen LogP contribution < -0.4 is 9.47 Å². The van der Waals surface area contributed by atoms with Crippen LogP contribution in [0.3, 0.4) is 0 Å². The normalized spacial score (nSPS) is 10.1. The largest absolute Gasteiger partial charge is 0.497 e. The standard InChI is InChI=1S/C12H11NO4S/c1-16-7-3-4-8(10(5-7)17-2)9-6-18-11(13-9)12(14)15/h3-6H,1-2H3,(H,14,15). The van der Waals surface area contributed by atoms with Crippen molar-refractivity contribution in [3.05, 3.63) is 28.6 Å². The molecule has 0 fully saturated rings. The molecule has 0 spiro atoms. The highest BCUT2D eigenvalue weighted by Crippen LogP contribution is 2.33. The van der Waals surface area contributed by atoms with Crippen molar-refractivity contribution in [2.45, 2.75) is 0 Å². The van der Waals surface area contributed by atoms with E-state index in [1.54, 1.807) is 37.8 Å². The van der Waals surface area contributed by atoms with Gasteiger partial charge in [0, 0.05) is 17.0 Å². The zero-order chi connectivity index (χ0) is 13.1. The minimum atomic E-state index is -1.03. The average molecular weight is 265 g/mol. The molecule has 0 aliphatic rings. The number of rotatable bonds is 4. The first-order valence-corrected chi connectivity index (χ1v) is 5.95. The molecule has 6 heteroatoms. The minimum absolute atomic E-state index is 0.0582. The van der Waals surface area contributed by atoms with E-state index in [1.165, 1.54) is 0 Å². The van der Waals surface area contributed by atoms with E-state index in [2.05, 4.69) is 4.98 Å². The molecule has 0 radical (unpaired) electrons. The van der Waals surface area contributed by atoms with Crippen molar-refractivity contribution in [1.82, 2.24) is 4.98 Å². The number of carboxylic acids is 1. The number of hydrogen-bond acceptors (Lipinski definition) is 5. The average Bonchev–Trinajstić information content (AvgIpc) is 2.87. The maximum absolute atomic E-state index is 10.8. The Morgan fingerprint density at radius 3 is 2.67 bits per heavy atom. The summed E-state index contributed by atoms with van der Waals surface area (Å²) in [5.41, 5.74) is 1.32. The Kier molecular flexibility index (Phi) is 3.47. The SMILES string of the molecule is COc1ccc(-c2csc(C(=O)O)n2)c(OC)c1. The molecular formula is C12H11NO4S. The Balaban J connectivity index is 2.45. The molecule has 0 aliphatic carbocycles. The predicted octanol–water partition coefficient (Wildman–Crippen LogP) is 2.53. The number of aromatic carboxylic acids is 1. The smallest absolute Gasteiger partial charge is 0.365 e. The third-order valence-electron chi connectivity index (χ3n) is 2.37. The third-order valence-corrected chi connectivity index (χ3v) is 3.20. The molecule has 0 amide bonds. The first-order valence-electron chi connectivity index (χ1n) is 5.07. The summed E-state index contributed by atoms with van der Waals surface area (Å²) in [5.74, 6) is 0.236. The fourth-order valence-electron chi connectivity index (χ4n) is 1.51. The Morgan fingerprint density at radius 2 is 2.11 bits per heavy atom. The summed E-state index contributed by atoms with van der Waals surface area (Å²) in [7, 11) is 3.11. The lowest BCUT2D eigenvalue weighted by atomic mass is 10.1. The summed E-state index contributed by atoms with van der Waals surface area (Å²) in [6.07, 6.45) is 0. The van der Waals surface area contributed by atoms with Gasteiger partial charge >= 0.3 is 5.97 Å². The molecule has 1 N–H and O–H groups in total. The number of carbonyl (C=O) groups is 1. The number of ether oxygens (including phenoxy) is 2. The number of hydrogen-bond donors (Lipinski definition) is 1. The van der Waals surface area contributed by atoms with Crippen LogP contribution in [-0.4, -0.2) is 30.3 Å². The molecule has 0 bridgehead atoms. The number of benzene rings is 1. The van der Waals surface area contributed by atoms with Crippen LogP contribution in [0.2, 0.25) is 0 Å². The summed E-state index contributed by atoms with van der Waals surface area (Å²) in [5, 5.41) is 10.6. The molecule has 0 saturated carbocycles. The second kappa shape index (κ2) is 5.05. The van der Waals surface area contributed by atoms with Gasteiger partial charge in [0.2, 0.25) is 5.01 Å². The van der Waals surface area contributed by atoms with Crippen LogP contribution in [0.25, 0.3) is 11.3 Å². The Morgan fingerprint density at radius 1 is 1.33 bits per heavy atom. The van der Waals surface area contributed by atoms with Crippen molar-refractivity contribution in [1.29, 1.82) is 0 Å². The highest BCUT2D eigenvalue weighted by atomic mass is 32.1. The molecule has 0 saturated heterocycles. The highest BCUT2D eigenvalue weighted by Gasteiger charge is 2.14. The van der Waals surface area contributed by atoms with Gasteiger partial charge in [-0.25, -0.2) is 9.78 Å². The van der Waals surface area contributed by atoms with E-state index in [9.17, 15) is 4.79 Å². The van der Waals surface area contributed by atoms with Gasteiger partial charge in [0.25, 0.3) is 0 Å². The number of thiazole rings is 1. The summed E-state index contributed by atoms with van der Waals surface area (Å²) in [4.78, 5) is 14.8. The first-order chi connectivity index (χ1) is 8.65. The van der Waals surface area contributed by atoms with E-state index >= 15 is 0 Å². The minimum Gasteiger partial charge on any atom is -0.497 e. The van der Waals surface area contributed by atoms with E-state index in [4.69, 9.17) is 14.6 Å². The molecule has 1 aromatic heterocycles. The monoisotopic (exact) mass is 265 g/mol. The number of methoxy groups -OCH3 is 2. The van der Waals surface area contributed by atoms with Crippen LogP contribution in [0.5, 0.6) is 11.5 Å². The van der Waals surface area contributed by atoms with Crippen molar-refractivity contribution in [2.75, 3.05) is 14.2 Å². The van der Waals surface area contributed by atoms with Gasteiger partial charge in [0.1, 0.15) is 11.5 Å². The maximum atomic E-state index is 10.8. The Bertz CT molecular complexity index is 579. The fraction of sp³-hybridized carbons (Fsp3) is 0.167. The lowest BCUT2D eigenvalue weighted by Gasteiger charge is -2.08. The van der Waals surface area contributed by atoms with Crippen molar-refractivity contribution < 1.29 is 19.4 Å². The molecule has 18 heavy (non-hydrogen) atoms. The van der Waals surface area contributed by atoms with Crippen LogP contribution >= 0.6 is 11.3 Å². The predicted molar refractivity (Wildman–Crippen MR) is 67.6 cm³/mol. The Hall–Kier alpha value is -2.08. The molecule has 2 aromatic rings. The molecule has 2 rings (SSSR count). The molecule has 5 nitrogen and oxygen atoms in total. The molecule has 0 atom stereocenters. The van der Waals surface area contributed by atoms with Gasteiger partial charge in [0.05, 0.1) is 19.9 Å². The number of aromatic nitrogens is 1. The maximum Gasteiger partial charge on any atom is 0.365 e. The van der Waals surface area contributed by atoms with Crippen LogP contribution in [0.1, 0.15) is 9.80 Å². The molecule has 0 unspecified atom stereocenters. The van der Waals surface area contributed by atoms with E-state index in [0.29, 0.717) is 17.2 Å². The van der Waals surface area contributed by atoms with Gasteiger partial charge < -0.3 is 14.6 Å². The van der Waals surface area contributed by atoms with Gasteiger partial charge in [-0.15, -0.1) is 11.3 Å². The molecule has 1 aromatic carbocycles. The van der Waals surface area contributed by atoms with Crippen LogP contribution in [0.15, 0.2) is 23.6 Å². The van der Waals surface area contributed by atoms with Gasteiger partial charge in [-0.1, -0.05) is 0 Å². The number of carboxylic acid groups (broad SMARTS) is 1. The summed E-state index contributed by atoms with van der Waals surface area (Å²) in [6.45, 7) is 0. The van der Waals surface area contributed by atoms with E-state index in [-0.39, 0.29) is 5.01 Å². The van der Waals surface area contributed by atoms with E-state index in [0.717, 1.165) is 16.9 Å². The lowest BCUT2D eigenvalue weighted by Crippen LogP contribution is -1.95. The quantitative estimate of drug-likeness (QED) is 0.920. The van der Waals surface area contributed by atoms with Gasteiger partial charge in [-0.05, 0) is 12.1 Å². The second-order valence-electron chi connectivity index (χ2n) is 3.41. The highest BCUT2D eigenvalue weighted by molar-refractivity contribution is 7.11. The van der Waals surface area contributed by atoms with Crippen molar-refractivity contribution in [2.24, 2.45) is 0 Å².